The van der Waals surface area contributed by atoms with Gasteiger partial charge in [0.25, 0.3) is 0 Å². The molecule has 1 saturated heterocycles. The molecule has 126 valence electrons. The summed E-state index contributed by atoms with van der Waals surface area (Å²) in [7, 11) is 0. The second kappa shape index (κ2) is 5.40. The standard InChI is InChI=1S/C16H17N9/c1-10-21-22-13-2-3-14(23-25(10)13)24-7-11(8-24)6-18-16-12-4-5-17-15(12)19-9-20-16/h2-5,9,11H,6-8H2,1H3,(H2,17,18,19,20). The van der Waals surface area contributed by atoms with E-state index in [9.17, 15) is 0 Å². The summed E-state index contributed by atoms with van der Waals surface area (Å²) in [6.07, 6.45) is 3.46. The van der Waals surface area contributed by atoms with Crippen LogP contribution in [0.2, 0.25) is 0 Å². The van der Waals surface area contributed by atoms with Crippen molar-refractivity contribution in [1.82, 2.24) is 34.8 Å². The molecule has 1 aliphatic rings. The van der Waals surface area contributed by atoms with Gasteiger partial charge in [-0.2, -0.15) is 4.52 Å². The molecule has 9 heteroatoms. The number of aryl methyl sites for hydroxylation is 1. The first-order valence-electron chi connectivity index (χ1n) is 8.24. The van der Waals surface area contributed by atoms with Crippen LogP contribution in [0.5, 0.6) is 0 Å². The predicted molar refractivity (Wildman–Crippen MR) is 93.6 cm³/mol. The molecular formula is C16H17N9. The van der Waals surface area contributed by atoms with E-state index < -0.39 is 0 Å². The van der Waals surface area contributed by atoms with E-state index in [4.69, 9.17) is 0 Å². The first-order chi connectivity index (χ1) is 12.3. The molecule has 0 saturated carbocycles. The molecule has 0 unspecified atom stereocenters. The third kappa shape index (κ3) is 2.35. The maximum Gasteiger partial charge on any atom is 0.178 e. The Kier molecular flexibility index (Phi) is 3.06. The van der Waals surface area contributed by atoms with E-state index >= 15 is 0 Å². The molecule has 0 atom stereocenters. The Labute approximate surface area is 143 Å². The van der Waals surface area contributed by atoms with E-state index in [1.54, 1.807) is 10.8 Å². The summed E-state index contributed by atoms with van der Waals surface area (Å²) in [5.41, 5.74) is 1.63. The van der Waals surface area contributed by atoms with Gasteiger partial charge in [-0.25, -0.2) is 9.97 Å². The molecule has 0 amide bonds. The predicted octanol–water partition coefficient (Wildman–Crippen LogP) is 1.25. The monoisotopic (exact) mass is 335 g/mol. The molecule has 4 aromatic rings. The van der Waals surface area contributed by atoms with Gasteiger partial charge in [0.15, 0.2) is 11.5 Å². The zero-order valence-electron chi connectivity index (χ0n) is 13.7. The van der Waals surface area contributed by atoms with Crippen LogP contribution < -0.4 is 10.2 Å². The molecule has 0 bridgehead atoms. The number of H-pyrrole nitrogens is 1. The lowest BCUT2D eigenvalue weighted by Crippen LogP contribution is -2.50. The van der Waals surface area contributed by atoms with Gasteiger partial charge < -0.3 is 15.2 Å². The summed E-state index contributed by atoms with van der Waals surface area (Å²) in [4.78, 5) is 13.9. The van der Waals surface area contributed by atoms with Gasteiger partial charge in [0.1, 0.15) is 23.6 Å². The molecule has 1 fully saturated rings. The number of aromatic nitrogens is 7. The molecule has 4 aromatic heterocycles. The van der Waals surface area contributed by atoms with E-state index in [1.165, 1.54) is 0 Å². The van der Waals surface area contributed by atoms with Gasteiger partial charge in [-0.3, -0.25) is 0 Å². The molecule has 5 rings (SSSR count). The minimum absolute atomic E-state index is 0.559. The Morgan fingerprint density at radius 2 is 2.12 bits per heavy atom. The molecule has 1 aliphatic heterocycles. The van der Waals surface area contributed by atoms with E-state index in [0.29, 0.717) is 5.92 Å². The Bertz CT molecular complexity index is 1040. The fraction of sp³-hybridized carbons (Fsp3) is 0.312. The number of nitrogens with one attached hydrogen (secondary N) is 2. The summed E-state index contributed by atoms with van der Waals surface area (Å²) in [6, 6.07) is 5.95. The Morgan fingerprint density at radius 1 is 1.20 bits per heavy atom. The van der Waals surface area contributed by atoms with Crippen LogP contribution in [0.4, 0.5) is 11.6 Å². The number of anilines is 2. The molecule has 2 N–H and O–H groups in total. The van der Waals surface area contributed by atoms with E-state index in [1.807, 2.05) is 31.3 Å². The van der Waals surface area contributed by atoms with Gasteiger partial charge in [0.2, 0.25) is 0 Å². The number of hydrogen-bond acceptors (Lipinski definition) is 7. The molecule has 0 aromatic carbocycles. The Morgan fingerprint density at radius 3 is 3.04 bits per heavy atom. The van der Waals surface area contributed by atoms with Gasteiger partial charge in [-0.1, -0.05) is 0 Å². The van der Waals surface area contributed by atoms with Crippen LogP contribution in [0.3, 0.4) is 0 Å². The Balaban J connectivity index is 1.24. The SMILES string of the molecule is Cc1nnc2ccc(N3CC(CNc4ncnc5[nH]ccc45)C3)nn12. The highest BCUT2D eigenvalue weighted by Gasteiger charge is 2.28. The highest BCUT2D eigenvalue weighted by molar-refractivity contribution is 5.86. The summed E-state index contributed by atoms with van der Waals surface area (Å²) >= 11 is 0. The number of nitrogens with zero attached hydrogens (tertiary/aromatic N) is 7. The van der Waals surface area contributed by atoms with Crippen LogP contribution in [0.15, 0.2) is 30.7 Å². The fourth-order valence-electron chi connectivity index (χ4n) is 3.20. The van der Waals surface area contributed by atoms with E-state index in [-0.39, 0.29) is 0 Å². The summed E-state index contributed by atoms with van der Waals surface area (Å²) in [6.45, 7) is 4.72. The fourth-order valence-corrected chi connectivity index (χ4v) is 3.20. The quantitative estimate of drug-likeness (QED) is 0.579. The lowest BCUT2D eigenvalue weighted by molar-refractivity contribution is 0.424. The van der Waals surface area contributed by atoms with E-state index in [0.717, 1.165) is 53.8 Å². The van der Waals surface area contributed by atoms with Crippen LogP contribution >= 0.6 is 0 Å². The number of aromatic amines is 1. The Hall–Kier alpha value is -3.23. The van der Waals surface area contributed by atoms with Gasteiger partial charge >= 0.3 is 0 Å². The highest BCUT2D eigenvalue weighted by Crippen LogP contribution is 2.24. The third-order valence-electron chi connectivity index (χ3n) is 4.60. The smallest absolute Gasteiger partial charge is 0.178 e. The average Bonchev–Trinajstić information content (AvgIpc) is 3.21. The molecular weight excluding hydrogens is 318 g/mol. The zero-order valence-corrected chi connectivity index (χ0v) is 13.7. The topological polar surface area (TPSA) is 99.9 Å². The third-order valence-corrected chi connectivity index (χ3v) is 4.60. The van der Waals surface area contributed by atoms with Gasteiger partial charge in [-0.15, -0.1) is 15.3 Å². The largest absolute Gasteiger partial charge is 0.369 e. The minimum atomic E-state index is 0.559. The maximum absolute atomic E-state index is 4.62. The molecule has 5 heterocycles. The van der Waals surface area contributed by atoms with Crippen molar-refractivity contribution < 1.29 is 0 Å². The van der Waals surface area contributed by atoms with Gasteiger partial charge in [0, 0.05) is 31.7 Å². The molecule has 0 aliphatic carbocycles. The van der Waals surface area contributed by atoms with Crippen molar-refractivity contribution >= 4 is 28.3 Å². The normalized spacial score (nSPS) is 15.0. The first kappa shape index (κ1) is 14.1. The molecule has 9 nitrogen and oxygen atoms in total. The number of fused-ring (bicyclic) bond motifs is 2. The summed E-state index contributed by atoms with van der Waals surface area (Å²) in [5.74, 6) is 3.20. The minimum Gasteiger partial charge on any atom is -0.369 e. The van der Waals surface area contributed by atoms with Crippen molar-refractivity contribution in [1.29, 1.82) is 0 Å². The first-order valence-corrected chi connectivity index (χ1v) is 8.24. The second-order valence-electron chi connectivity index (χ2n) is 6.32. The van der Waals surface area contributed by atoms with Crippen molar-refractivity contribution in [3.8, 4) is 0 Å². The van der Waals surface area contributed by atoms with Crippen LogP contribution in [-0.4, -0.2) is 54.4 Å². The summed E-state index contributed by atoms with van der Waals surface area (Å²) < 4.78 is 1.78. The van der Waals surface area contributed by atoms with Crippen molar-refractivity contribution in [2.45, 2.75) is 6.92 Å². The van der Waals surface area contributed by atoms with Gasteiger partial charge in [-0.05, 0) is 25.1 Å². The molecule has 0 radical (unpaired) electrons. The number of rotatable bonds is 4. The van der Waals surface area contributed by atoms with Crippen LogP contribution in [0.1, 0.15) is 5.82 Å². The van der Waals surface area contributed by atoms with Crippen LogP contribution in [-0.2, 0) is 0 Å². The number of hydrogen-bond donors (Lipinski definition) is 2. The van der Waals surface area contributed by atoms with Gasteiger partial charge in [0.05, 0.1) is 5.39 Å². The average molecular weight is 335 g/mol. The lowest BCUT2D eigenvalue weighted by Gasteiger charge is -2.40. The van der Waals surface area contributed by atoms with Crippen molar-refractivity contribution in [3.63, 3.8) is 0 Å². The summed E-state index contributed by atoms with van der Waals surface area (Å²) in [5, 5.41) is 17.2. The van der Waals surface area contributed by atoms with Crippen molar-refractivity contribution in [2.24, 2.45) is 5.92 Å². The van der Waals surface area contributed by atoms with Crippen molar-refractivity contribution in [2.75, 3.05) is 29.9 Å². The lowest BCUT2D eigenvalue weighted by atomic mass is 10.0. The molecule has 25 heavy (non-hydrogen) atoms. The second-order valence-corrected chi connectivity index (χ2v) is 6.32. The highest BCUT2D eigenvalue weighted by atomic mass is 15.4. The maximum atomic E-state index is 4.62. The zero-order chi connectivity index (χ0) is 16.8. The van der Waals surface area contributed by atoms with Crippen LogP contribution in [0.25, 0.3) is 16.7 Å². The van der Waals surface area contributed by atoms with E-state index in [2.05, 4.69) is 40.5 Å². The van der Waals surface area contributed by atoms with Crippen molar-refractivity contribution in [3.05, 3.63) is 36.5 Å². The van der Waals surface area contributed by atoms with Crippen LogP contribution in [0, 0.1) is 12.8 Å². The molecule has 0 spiro atoms.